The van der Waals surface area contributed by atoms with E-state index in [4.69, 9.17) is 56.8 Å². The van der Waals surface area contributed by atoms with Gasteiger partial charge < -0.3 is 56.8 Å². The summed E-state index contributed by atoms with van der Waals surface area (Å²) in [4.78, 5) is 10.6. The molecular weight excluding hydrogens is 652 g/mol. The van der Waals surface area contributed by atoms with Crippen LogP contribution in [-0.2, 0) is 61.6 Å². The zero-order valence-electron chi connectivity index (χ0n) is 31.8. The van der Waals surface area contributed by atoms with Crippen LogP contribution in [0, 0.1) is 0 Å². The van der Waals surface area contributed by atoms with Gasteiger partial charge in [-0.05, 0) is 6.42 Å². The summed E-state index contributed by atoms with van der Waals surface area (Å²) in [5, 5.41) is 0. The Morgan fingerprint density at radius 1 is 0.280 bits per heavy atom. The highest BCUT2D eigenvalue weighted by Gasteiger charge is 1.98. The first-order chi connectivity index (χ1) is 24.8. The maximum atomic E-state index is 10.6. The molecule has 0 spiro atoms. The van der Waals surface area contributed by atoms with Gasteiger partial charge in [-0.3, -0.25) is 4.79 Å². The SMILES string of the molecule is CCCCCCCCCCCCCOCCOCCOCCOCCOCCOCCOCCOCCOCCOCCOCCOC(C)=O. The Balaban J connectivity index is 3.05. The van der Waals surface area contributed by atoms with Crippen LogP contribution >= 0.6 is 0 Å². The molecule has 0 unspecified atom stereocenters. The lowest BCUT2D eigenvalue weighted by atomic mass is 10.1. The van der Waals surface area contributed by atoms with E-state index in [9.17, 15) is 4.79 Å². The molecule has 0 heterocycles. The molecule has 0 bridgehead atoms. The summed E-state index contributed by atoms with van der Waals surface area (Å²) in [6, 6.07) is 0. The summed E-state index contributed by atoms with van der Waals surface area (Å²) < 4.78 is 65.0. The number of ether oxygens (including phenoxy) is 12. The average molecular weight is 727 g/mol. The summed E-state index contributed by atoms with van der Waals surface area (Å²) >= 11 is 0. The van der Waals surface area contributed by atoms with E-state index >= 15 is 0 Å². The molecular formula is C37H74O13. The van der Waals surface area contributed by atoms with Gasteiger partial charge in [0.15, 0.2) is 0 Å². The molecule has 0 saturated heterocycles. The molecule has 0 amide bonds. The average Bonchev–Trinajstić information content (AvgIpc) is 3.11. The predicted octanol–water partition coefficient (Wildman–Crippen LogP) is 5.04. The van der Waals surface area contributed by atoms with Crippen LogP contribution in [0.5, 0.6) is 0 Å². The summed E-state index contributed by atoms with van der Waals surface area (Å²) in [5.41, 5.74) is 0. The molecule has 13 nitrogen and oxygen atoms in total. The number of hydrogen-bond donors (Lipinski definition) is 0. The third-order valence-corrected chi connectivity index (χ3v) is 7.15. The second-order valence-electron chi connectivity index (χ2n) is 11.6. The Labute approximate surface area is 303 Å². The predicted molar refractivity (Wildman–Crippen MR) is 192 cm³/mol. The molecule has 0 aromatic heterocycles. The number of rotatable bonds is 45. The van der Waals surface area contributed by atoms with Crippen molar-refractivity contribution in [2.75, 3.05) is 152 Å². The van der Waals surface area contributed by atoms with Gasteiger partial charge in [-0.1, -0.05) is 71.1 Å². The monoisotopic (exact) mass is 727 g/mol. The van der Waals surface area contributed by atoms with E-state index in [1.807, 2.05) is 0 Å². The van der Waals surface area contributed by atoms with Gasteiger partial charge in [0.1, 0.15) is 6.61 Å². The lowest BCUT2D eigenvalue weighted by Crippen LogP contribution is -2.15. The second kappa shape index (κ2) is 46.1. The molecule has 0 aliphatic heterocycles. The summed E-state index contributed by atoms with van der Waals surface area (Å²) in [6.45, 7) is 15.5. The summed E-state index contributed by atoms with van der Waals surface area (Å²) in [7, 11) is 0. The van der Waals surface area contributed by atoms with Crippen molar-refractivity contribution in [1.29, 1.82) is 0 Å². The van der Waals surface area contributed by atoms with Gasteiger partial charge in [0.05, 0.1) is 139 Å². The highest BCUT2D eigenvalue weighted by atomic mass is 16.6. The fourth-order valence-electron chi connectivity index (χ4n) is 4.41. The lowest BCUT2D eigenvalue weighted by Gasteiger charge is -2.09. The highest BCUT2D eigenvalue weighted by Crippen LogP contribution is 2.11. The molecule has 0 rings (SSSR count). The largest absolute Gasteiger partial charge is 0.463 e. The van der Waals surface area contributed by atoms with Gasteiger partial charge in [0.2, 0.25) is 0 Å². The molecule has 13 heteroatoms. The molecule has 0 aliphatic carbocycles. The van der Waals surface area contributed by atoms with Gasteiger partial charge in [-0.2, -0.15) is 0 Å². The molecule has 0 N–H and O–H groups in total. The van der Waals surface area contributed by atoms with Gasteiger partial charge in [0.25, 0.3) is 0 Å². The zero-order valence-corrected chi connectivity index (χ0v) is 31.8. The first-order valence-electron chi connectivity index (χ1n) is 19.3. The number of unbranched alkanes of at least 4 members (excludes halogenated alkanes) is 10. The fourth-order valence-corrected chi connectivity index (χ4v) is 4.41. The number of carbonyl (C=O) groups is 1. The molecule has 300 valence electrons. The van der Waals surface area contributed by atoms with Gasteiger partial charge in [0, 0.05) is 13.5 Å². The van der Waals surface area contributed by atoms with E-state index in [0.29, 0.717) is 139 Å². The van der Waals surface area contributed by atoms with E-state index in [1.165, 1.54) is 71.1 Å². The summed E-state index contributed by atoms with van der Waals surface area (Å²) in [5.74, 6) is -0.309. The zero-order chi connectivity index (χ0) is 36.1. The molecule has 0 radical (unpaired) electrons. The van der Waals surface area contributed by atoms with Gasteiger partial charge >= 0.3 is 5.97 Å². The Morgan fingerprint density at radius 3 is 0.720 bits per heavy atom. The van der Waals surface area contributed by atoms with Crippen LogP contribution in [0.3, 0.4) is 0 Å². The van der Waals surface area contributed by atoms with Crippen molar-refractivity contribution in [1.82, 2.24) is 0 Å². The van der Waals surface area contributed by atoms with Crippen molar-refractivity contribution < 1.29 is 61.6 Å². The topological polar surface area (TPSA) is 128 Å². The van der Waals surface area contributed by atoms with Crippen LogP contribution in [0.2, 0.25) is 0 Å². The van der Waals surface area contributed by atoms with E-state index in [1.54, 1.807) is 0 Å². The molecule has 0 fully saturated rings. The van der Waals surface area contributed by atoms with Gasteiger partial charge in [-0.15, -0.1) is 0 Å². The minimum Gasteiger partial charge on any atom is -0.463 e. The molecule has 0 aliphatic rings. The van der Waals surface area contributed by atoms with Crippen molar-refractivity contribution in [2.24, 2.45) is 0 Å². The molecule has 0 saturated carbocycles. The lowest BCUT2D eigenvalue weighted by molar-refractivity contribution is -0.142. The quantitative estimate of drug-likeness (QED) is 0.0615. The third kappa shape index (κ3) is 47.0. The van der Waals surface area contributed by atoms with E-state index in [0.717, 1.165) is 13.0 Å². The van der Waals surface area contributed by atoms with Gasteiger partial charge in [-0.25, -0.2) is 0 Å². The minimum atomic E-state index is -0.309. The maximum Gasteiger partial charge on any atom is 0.302 e. The van der Waals surface area contributed by atoms with Crippen LogP contribution in [0.1, 0.15) is 84.5 Å². The van der Waals surface area contributed by atoms with Crippen molar-refractivity contribution in [3.05, 3.63) is 0 Å². The highest BCUT2D eigenvalue weighted by molar-refractivity contribution is 5.65. The molecule has 0 aromatic rings. The van der Waals surface area contributed by atoms with Crippen molar-refractivity contribution in [3.63, 3.8) is 0 Å². The Hall–Kier alpha value is -0.970. The molecule has 50 heavy (non-hydrogen) atoms. The Morgan fingerprint density at radius 2 is 0.480 bits per heavy atom. The number of hydrogen-bond acceptors (Lipinski definition) is 13. The fraction of sp³-hybridized carbons (Fsp3) is 0.973. The number of esters is 1. The Bertz CT molecular complexity index is 630. The normalized spacial score (nSPS) is 11.5. The first-order valence-corrected chi connectivity index (χ1v) is 19.3. The molecule has 0 atom stereocenters. The van der Waals surface area contributed by atoms with E-state index < -0.39 is 0 Å². The van der Waals surface area contributed by atoms with Crippen LogP contribution in [0.25, 0.3) is 0 Å². The standard InChI is InChI=1S/C37H74O13/c1-3-4-5-6-7-8-9-10-11-12-13-14-39-15-16-40-17-18-41-19-20-42-21-22-43-23-24-44-25-26-45-27-28-46-29-30-47-31-32-48-33-34-49-35-36-50-37(2)38/h3-36H2,1-2H3. The van der Waals surface area contributed by atoms with Crippen molar-refractivity contribution in [2.45, 2.75) is 84.5 Å². The van der Waals surface area contributed by atoms with Crippen LogP contribution < -0.4 is 0 Å². The first kappa shape index (κ1) is 49.0. The van der Waals surface area contributed by atoms with Crippen molar-refractivity contribution in [3.8, 4) is 0 Å². The van der Waals surface area contributed by atoms with E-state index in [-0.39, 0.29) is 12.6 Å². The third-order valence-electron chi connectivity index (χ3n) is 7.15. The van der Waals surface area contributed by atoms with Crippen molar-refractivity contribution >= 4 is 5.97 Å². The van der Waals surface area contributed by atoms with Crippen LogP contribution in [0.4, 0.5) is 0 Å². The minimum absolute atomic E-state index is 0.260. The summed E-state index contributed by atoms with van der Waals surface area (Å²) in [6.07, 6.45) is 14.8. The van der Waals surface area contributed by atoms with E-state index in [2.05, 4.69) is 6.92 Å². The van der Waals surface area contributed by atoms with Crippen LogP contribution in [-0.4, -0.2) is 158 Å². The maximum absolute atomic E-state index is 10.6. The smallest absolute Gasteiger partial charge is 0.302 e. The van der Waals surface area contributed by atoms with Crippen LogP contribution in [0.15, 0.2) is 0 Å². The number of carbonyl (C=O) groups excluding carboxylic acids is 1. The molecule has 0 aromatic carbocycles. The second-order valence-corrected chi connectivity index (χ2v) is 11.6. The Kier molecular flexibility index (Phi) is 45.2.